The molecule has 3 N–H and O–H groups in total. The van der Waals surface area contributed by atoms with Gasteiger partial charge in [-0.1, -0.05) is 38.1 Å². The molecule has 1 fully saturated rings. The summed E-state index contributed by atoms with van der Waals surface area (Å²) in [6.45, 7) is 8.04. The van der Waals surface area contributed by atoms with Gasteiger partial charge in [-0.25, -0.2) is 4.98 Å². The van der Waals surface area contributed by atoms with Crippen LogP contribution >= 0.6 is 11.3 Å². The summed E-state index contributed by atoms with van der Waals surface area (Å²) in [5.41, 5.74) is 10.3. The van der Waals surface area contributed by atoms with Gasteiger partial charge in [0, 0.05) is 6.54 Å². The number of nitrogens with zero attached hydrogens (tertiary/aromatic N) is 2. The third-order valence-electron chi connectivity index (χ3n) is 6.12. The molecule has 2 aromatic rings. The van der Waals surface area contributed by atoms with Crippen LogP contribution in [0.4, 0.5) is 0 Å². The number of hydrogen-bond donors (Lipinski definition) is 2. The number of rotatable bonds is 8. The zero-order valence-electron chi connectivity index (χ0n) is 19.6. The highest BCUT2D eigenvalue weighted by Crippen LogP contribution is 2.29. The third kappa shape index (κ3) is 5.50. The summed E-state index contributed by atoms with van der Waals surface area (Å²) >= 11 is 1.60. The number of hydrogen-bond acceptors (Lipinski definition) is 6. The van der Waals surface area contributed by atoms with Crippen molar-refractivity contribution in [2.75, 3.05) is 6.54 Å². The van der Waals surface area contributed by atoms with Gasteiger partial charge < -0.3 is 16.0 Å². The minimum atomic E-state index is -0.835. The zero-order chi connectivity index (χ0) is 24.1. The summed E-state index contributed by atoms with van der Waals surface area (Å²) < 4.78 is 0. The van der Waals surface area contributed by atoms with Crippen molar-refractivity contribution >= 4 is 28.9 Å². The van der Waals surface area contributed by atoms with Crippen molar-refractivity contribution in [3.63, 3.8) is 0 Å². The fourth-order valence-electron chi connectivity index (χ4n) is 4.31. The molecule has 8 heteroatoms. The number of nitrogens with two attached hydrogens (primary N) is 1. The van der Waals surface area contributed by atoms with Crippen molar-refractivity contribution in [3.8, 4) is 10.4 Å². The maximum absolute atomic E-state index is 13.2. The maximum Gasteiger partial charge on any atom is 0.243 e. The van der Waals surface area contributed by atoms with Crippen LogP contribution in [0.2, 0.25) is 0 Å². The Labute approximate surface area is 199 Å². The van der Waals surface area contributed by atoms with Crippen LogP contribution in [-0.2, 0) is 14.4 Å². The van der Waals surface area contributed by atoms with Gasteiger partial charge in [0.1, 0.15) is 12.0 Å². The van der Waals surface area contributed by atoms with Gasteiger partial charge in [-0.3, -0.25) is 14.4 Å². The predicted molar refractivity (Wildman–Crippen MR) is 130 cm³/mol. The Hall–Kier alpha value is -3.00. The quantitative estimate of drug-likeness (QED) is 0.455. The van der Waals surface area contributed by atoms with Crippen LogP contribution in [0.1, 0.15) is 50.9 Å². The standard InChI is InChI=1S/C25H32N4O3S/c1-15(2)22(21(30)11-12-26)25(32)29-13-5-6-20(29)24(31)28-16(3)18-7-9-19(10-8-18)23-17(4)27-14-33-23/h7-12,14-16,20,22H,5-6,13,26H2,1-4H3,(H,28,31)/b12-11-/t16-,20-,22+/m0/s1. The van der Waals surface area contributed by atoms with Gasteiger partial charge >= 0.3 is 0 Å². The molecule has 1 saturated heterocycles. The van der Waals surface area contributed by atoms with Gasteiger partial charge in [0.25, 0.3) is 0 Å². The fraction of sp³-hybridized carbons (Fsp3) is 0.440. The molecule has 0 spiro atoms. The lowest BCUT2D eigenvalue weighted by molar-refractivity contribution is -0.146. The lowest BCUT2D eigenvalue weighted by Gasteiger charge is -2.29. The van der Waals surface area contributed by atoms with E-state index in [0.29, 0.717) is 13.0 Å². The molecule has 3 rings (SSSR count). The molecule has 3 atom stereocenters. The molecule has 0 radical (unpaired) electrons. The van der Waals surface area contributed by atoms with E-state index in [1.54, 1.807) is 16.2 Å². The highest BCUT2D eigenvalue weighted by molar-refractivity contribution is 7.13. The summed E-state index contributed by atoms with van der Waals surface area (Å²) in [6.07, 6.45) is 3.70. The Morgan fingerprint density at radius 1 is 1.21 bits per heavy atom. The molecule has 33 heavy (non-hydrogen) atoms. The highest BCUT2D eigenvalue weighted by Gasteiger charge is 2.40. The van der Waals surface area contributed by atoms with Gasteiger partial charge in [-0.15, -0.1) is 11.3 Å². The Bertz CT molecular complexity index is 1030. The van der Waals surface area contributed by atoms with Crippen LogP contribution in [0.5, 0.6) is 0 Å². The maximum atomic E-state index is 13.2. The van der Waals surface area contributed by atoms with Crippen LogP contribution in [0.3, 0.4) is 0 Å². The number of amides is 2. The van der Waals surface area contributed by atoms with E-state index in [9.17, 15) is 14.4 Å². The molecule has 0 bridgehead atoms. The minimum Gasteiger partial charge on any atom is -0.404 e. The second kappa shape index (κ2) is 10.7. The second-order valence-corrected chi connectivity index (χ2v) is 9.65. The number of ketones is 1. The van der Waals surface area contributed by atoms with E-state index in [1.807, 2.05) is 57.5 Å². The minimum absolute atomic E-state index is 0.190. The van der Waals surface area contributed by atoms with Crippen molar-refractivity contribution in [1.82, 2.24) is 15.2 Å². The number of aromatic nitrogens is 1. The Morgan fingerprint density at radius 3 is 2.48 bits per heavy atom. The number of carbonyl (C=O) groups excluding carboxylic acids is 3. The van der Waals surface area contributed by atoms with E-state index in [4.69, 9.17) is 5.73 Å². The van der Waals surface area contributed by atoms with Crippen molar-refractivity contribution in [3.05, 3.63) is 53.3 Å². The number of allylic oxidation sites excluding steroid dienone is 1. The molecule has 2 amide bonds. The second-order valence-electron chi connectivity index (χ2n) is 8.79. The first-order valence-corrected chi connectivity index (χ1v) is 12.2. The molecule has 0 aliphatic carbocycles. The fourth-order valence-corrected chi connectivity index (χ4v) is 5.12. The molecule has 1 aliphatic rings. The van der Waals surface area contributed by atoms with E-state index < -0.39 is 12.0 Å². The lowest BCUT2D eigenvalue weighted by Crippen LogP contribution is -2.50. The van der Waals surface area contributed by atoms with Crippen LogP contribution in [0.25, 0.3) is 10.4 Å². The van der Waals surface area contributed by atoms with E-state index in [2.05, 4.69) is 10.3 Å². The Kier molecular flexibility index (Phi) is 8.02. The van der Waals surface area contributed by atoms with Gasteiger partial charge in [0.15, 0.2) is 5.78 Å². The predicted octanol–water partition coefficient (Wildman–Crippen LogP) is 3.60. The van der Waals surface area contributed by atoms with E-state index in [1.165, 1.54) is 6.08 Å². The van der Waals surface area contributed by atoms with Gasteiger partial charge in [-0.2, -0.15) is 0 Å². The summed E-state index contributed by atoms with van der Waals surface area (Å²) in [5.74, 6) is -1.85. The molecule has 1 aliphatic heterocycles. The molecule has 7 nitrogen and oxygen atoms in total. The molecular formula is C25H32N4O3S. The van der Waals surface area contributed by atoms with Crippen LogP contribution in [-0.4, -0.2) is 40.1 Å². The van der Waals surface area contributed by atoms with Gasteiger partial charge in [0.2, 0.25) is 11.8 Å². The topological polar surface area (TPSA) is 105 Å². The number of benzene rings is 1. The average molecular weight is 469 g/mol. The van der Waals surface area contributed by atoms with Crippen molar-refractivity contribution in [2.24, 2.45) is 17.6 Å². The van der Waals surface area contributed by atoms with E-state index in [-0.39, 0.29) is 29.6 Å². The Balaban J connectivity index is 1.69. The van der Waals surface area contributed by atoms with Crippen molar-refractivity contribution in [2.45, 2.75) is 52.6 Å². The number of thiazole rings is 1. The smallest absolute Gasteiger partial charge is 0.243 e. The molecule has 176 valence electrons. The zero-order valence-corrected chi connectivity index (χ0v) is 20.4. The first-order chi connectivity index (χ1) is 15.7. The van der Waals surface area contributed by atoms with Gasteiger partial charge in [0.05, 0.1) is 22.1 Å². The van der Waals surface area contributed by atoms with Crippen LogP contribution in [0.15, 0.2) is 42.1 Å². The van der Waals surface area contributed by atoms with E-state index in [0.717, 1.165) is 34.3 Å². The summed E-state index contributed by atoms with van der Waals surface area (Å²) in [4.78, 5) is 45.7. The van der Waals surface area contributed by atoms with Crippen LogP contribution < -0.4 is 11.1 Å². The largest absolute Gasteiger partial charge is 0.404 e. The molecule has 0 saturated carbocycles. The summed E-state index contributed by atoms with van der Waals surface area (Å²) in [5, 5.41) is 3.05. The van der Waals surface area contributed by atoms with Crippen molar-refractivity contribution in [1.29, 1.82) is 0 Å². The molecule has 0 unspecified atom stereocenters. The first-order valence-electron chi connectivity index (χ1n) is 11.3. The summed E-state index contributed by atoms with van der Waals surface area (Å²) in [6, 6.07) is 7.29. The molecule has 1 aromatic carbocycles. The lowest BCUT2D eigenvalue weighted by atomic mass is 9.89. The number of aryl methyl sites for hydroxylation is 1. The van der Waals surface area contributed by atoms with Gasteiger partial charge in [-0.05, 0) is 56.0 Å². The normalized spacial score (nSPS) is 18.0. The Morgan fingerprint density at radius 2 is 1.91 bits per heavy atom. The summed E-state index contributed by atoms with van der Waals surface area (Å²) in [7, 11) is 0. The molecule has 1 aromatic heterocycles. The van der Waals surface area contributed by atoms with Crippen molar-refractivity contribution < 1.29 is 14.4 Å². The number of carbonyl (C=O) groups is 3. The SMILES string of the molecule is Cc1ncsc1-c1ccc([C@H](C)NC(=O)[C@@H]2CCCN2C(=O)[C@@H](C(=O)/C=C\N)C(C)C)cc1. The number of nitrogens with one attached hydrogen (secondary N) is 1. The molecular weight excluding hydrogens is 436 g/mol. The third-order valence-corrected chi connectivity index (χ3v) is 7.09. The molecule has 2 heterocycles. The monoisotopic (exact) mass is 468 g/mol. The van der Waals surface area contributed by atoms with Crippen LogP contribution in [0, 0.1) is 18.8 Å². The number of likely N-dealkylation sites (tertiary alicyclic amines) is 1. The highest BCUT2D eigenvalue weighted by atomic mass is 32.1. The average Bonchev–Trinajstić information content (AvgIpc) is 3.43. The first kappa shape index (κ1) is 24.6. The van der Waals surface area contributed by atoms with E-state index >= 15 is 0 Å².